The number of anilines is 2. The van der Waals surface area contributed by atoms with Gasteiger partial charge in [-0.3, -0.25) is 9.78 Å². The third-order valence-electron chi connectivity index (χ3n) is 4.80. The zero-order valence-electron chi connectivity index (χ0n) is 16.5. The number of carbonyl (C=O) groups is 1. The minimum absolute atomic E-state index is 0.302. The Morgan fingerprint density at radius 3 is 2.52 bits per heavy atom. The Hall–Kier alpha value is -3.88. The monoisotopic (exact) mass is 426 g/mol. The zero-order valence-corrected chi connectivity index (χ0v) is 17.3. The molecular weight excluding hydrogens is 408 g/mol. The first-order chi connectivity index (χ1) is 15.2. The molecule has 7 nitrogen and oxygen atoms in total. The second-order valence-electron chi connectivity index (χ2n) is 7.02. The minimum Gasteiger partial charge on any atom is -0.366 e. The van der Waals surface area contributed by atoms with Gasteiger partial charge in [0.15, 0.2) is 0 Å². The summed E-state index contributed by atoms with van der Waals surface area (Å²) in [6.45, 7) is 0. The normalized spacial score (nSPS) is 12.5. The number of hydrogen-bond donors (Lipinski definition) is 2. The molecule has 1 aliphatic carbocycles. The molecule has 152 valence electrons. The topological polar surface area (TPSA) is 114 Å². The quantitative estimate of drug-likeness (QED) is 0.407. The van der Waals surface area contributed by atoms with Crippen LogP contribution < -0.4 is 10.6 Å². The van der Waals surface area contributed by atoms with Crippen molar-refractivity contribution in [3.05, 3.63) is 65.5 Å². The highest BCUT2D eigenvalue weighted by molar-refractivity contribution is 7.98. The van der Waals surface area contributed by atoms with Crippen LogP contribution in [0.25, 0.3) is 11.1 Å². The Labute approximate surface area is 184 Å². The summed E-state index contributed by atoms with van der Waals surface area (Å²) >= 11 is 1.44. The van der Waals surface area contributed by atoms with E-state index in [1.807, 2.05) is 12.1 Å². The lowest BCUT2D eigenvalue weighted by Crippen LogP contribution is -2.09. The number of nitriles is 2. The van der Waals surface area contributed by atoms with Gasteiger partial charge in [0.05, 0.1) is 5.56 Å². The molecule has 31 heavy (non-hydrogen) atoms. The molecule has 0 unspecified atom stereocenters. The highest BCUT2D eigenvalue weighted by Crippen LogP contribution is 2.39. The van der Waals surface area contributed by atoms with Gasteiger partial charge in [0.2, 0.25) is 6.41 Å². The number of carbonyl (C=O) groups excluding carboxylic acids is 1. The van der Waals surface area contributed by atoms with Crippen molar-refractivity contribution in [2.45, 2.75) is 29.7 Å². The van der Waals surface area contributed by atoms with Crippen molar-refractivity contribution in [2.75, 3.05) is 10.6 Å². The number of thioether (sulfide) groups is 1. The van der Waals surface area contributed by atoms with Crippen LogP contribution in [0.15, 0.2) is 53.8 Å². The Morgan fingerprint density at radius 1 is 1.13 bits per heavy atom. The lowest BCUT2D eigenvalue weighted by atomic mass is 9.96. The average Bonchev–Trinajstić information content (AvgIpc) is 3.62. The number of hydrogen-bond acceptors (Lipinski definition) is 7. The first kappa shape index (κ1) is 20.4. The van der Waals surface area contributed by atoms with Crippen LogP contribution in [0.5, 0.6) is 0 Å². The maximum atomic E-state index is 10.7. The van der Waals surface area contributed by atoms with Gasteiger partial charge in [-0.15, -0.1) is 11.8 Å². The van der Waals surface area contributed by atoms with E-state index >= 15 is 0 Å². The van der Waals surface area contributed by atoms with Crippen LogP contribution in [0, 0.1) is 22.7 Å². The number of nitrogens with one attached hydrogen (secondary N) is 2. The van der Waals surface area contributed by atoms with E-state index in [0.717, 1.165) is 18.4 Å². The van der Waals surface area contributed by atoms with Gasteiger partial charge in [0.25, 0.3) is 0 Å². The van der Waals surface area contributed by atoms with Crippen LogP contribution in [0.1, 0.15) is 29.5 Å². The standard InChI is InChI=1S/C23H18N6OS/c24-10-19-21(16-3-5-17(6-4-16)27-14-30)20(11-25)23(29-22(19)28-18-7-8-18)31-13-15-2-1-9-26-12-15/h1-6,9,12,14,18H,7-8,13H2,(H,27,30)(H,28,29). The number of aromatic nitrogens is 2. The van der Waals surface area contributed by atoms with Crippen LogP contribution in [0.3, 0.4) is 0 Å². The van der Waals surface area contributed by atoms with Gasteiger partial charge in [-0.25, -0.2) is 4.98 Å². The molecule has 1 saturated carbocycles. The Bertz CT molecular complexity index is 1180. The molecule has 0 radical (unpaired) electrons. The predicted molar refractivity (Wildman–Crippen MR) is 119 cm³/mol. The largest absolute Gasteiger partial charge is 0.366 e. The van der Waals surface area contributed by atoms with E-state index in [0.29, 0.717) is 57.0 Å². The van der Waals surface area contributed by atoms with Crippen LogP contribution in [0.2, 0.25) is 0 Å². The molecule has 3 aromatic rings. The fourth-order valence-electron chi connectivity index (χ4n) is 3.13. The summed E-state index contributed by atoms with van der Waals surface area (Å²) in [5.41, 5.74) is 3.63. The second-order valence-corrected chi connectivity index (χ2v) is 7.99. The summed E-state index contributed by atoms with van der Waals surface area (Å²) in [6.07, 6.45) is 6.17. The highest BCUT2D eigenvalue weighted by atomic mass is 32.2. The molecular formula is C23H18N6OS. The molecule has 0 aliphatic heterocycles. The van der Waals surface area contributed by atoms with Crippen LogP contribution in [-0.4, -0.2) is 22.4 Å². The molecule has 0 atom stereocenters. The lowest BCUT2D eigenvalue weighted by molar-refractivity contribution is -0.105. The number of nitrogens with zero attached hydrogens (tertiary/aromatic N) is 4. The Kier molecular flexibility index (Phi) is 6.11. The molecule has 4 rings (SSSR count). The van der Waals surface area contributed by atoms with Gasteiger partial charge in [0.1, 0.15) is 28.5 Å². The lowest BCUT2D eigenvalue weighted by Gasteiger charge is -2.16. The molecule has 2 aromatic heterocycles. The first-order valence-corrected chi connectivity index (χ1v) is 10.7. The fourth-order valence-corrected chi connectivity index (χ4v) is 4.05. The van der Waals surface area contributed by atoms with E-state index in [2.05, 4.69) is 32.7 Å². The summed E-state index contributed by atoms with van der Waals surface area (Å²) in [7, 11) is 0. The van der Waals surface area contributed by atoms with Crippen molar-refractivity contribution in [3.8, 4) is 23.3 Å². The van der Waals surface area contributed by atoms with Gasteiger partial charge in [-0.2, -0.15) is 10.5 Å². The minimum atomic E-state index is 0.302. The Balaban J connectivity index is 1.81. The molecule has 1 aromatic carbocycles. The van der Waals surface area contributed by atoms with Crippen molar-refractivity contribution in [1.29, 1.82) is 10.5 Å². The molecule has 8 heteroatoms. The first-order valence-electron chi connectivity index (χ1n) is 9.70. The number of benzene rings is 1. The van der Waals surface area contributed by atoms with E-state index in [4.69, 9.17) is 0 Å². The van der Waals surface area contributed by atoms with Gasteiger partial charge in [-0.1, -0.05) is 18.2 Å². The third kappa shape index (κ3) is 4.66. The molecule has 2 heterocycles. The number of rotatable bonds is 8. The van der Waals surface area contributed by atoms with Gasteiger partial charge < -0.3 is 10.6 Å². The predicted octanol–water partition coefficient (Wildman–Crippen LogP) is 4.32. The van der Waals surface area contributed by atoms with Crippen LogP contribution in [-0.2, 0) is 10.5 Å². The summed E-state index contributed by atoms with van der Waals surface area (Å²) in [5.74, 6) is 1.11. The van der Waals surface area contributed by atoms with Crippen molar-refractivity contribution in [2.24, 2.45) is 0 Å². The third-order valence-corrected chi connectivity index (χ3v) is 5.85. The maximum absolute atomic E-state index is 10.7. The maximum Gasteiger partial charge on any atom is 0.211 e. The smallest absolute Gasteiger partial charge is 0.211 e. The summed E-state index contributed by atoms with van der Waals surface area (Å²) in [6, 6.07) is 15.7. The fraction of sp³-hybridized carbons (Fsp3) is 0.174. The molecule has 1 fully saturated rings. The number of amides is 1. The van der Waals surface area contributed by atoms with E-state index in [9.17, 15) is 15.3 Å². The average molecular weight is 427 g/mol. The van der Waals surface area contributed by atoms with Crippen LogP contribution in [0.4, 0.5) is 11.5 Å². The van der Waals surface area contributed by atoms with Crippen molar-refractivity contribution >= 4 is 29.7 Å². The molecule has 0 bridgehead atoms. The molecule has 0 spiro atoms. The van der Waals surface area contributed by atoms with E-state index in [1.165, 1.54) is 11.8 Å². The Morgan fingerprint density at radius 2 is 1.90 bits per heavy atom. The van der Waals surface area contributed by atoms with Crippen molar-refractivity contribution in [1.82, 2.24) is 9.97 Å². The SMILES string of the molecule is N#Cc1c(NC2CC2)nc(SCc2cccnc2)c(C#N)c1-c1ccc(NC=O)cc1. The second kappa shape index (κ2) is 9.29. The number of pyridine rings is 2. The van der Waals surface area contributed by atoms with Crippen molar-refractivity contribution < 1.29 is 4.79 Å². The van der Waals surface area contributed by atoms with Gasteiger partial charge in [-0.05, 0) is 42.2 Å². The van der Waals surface area contributed by atoms with Gasteiger partial charge >= 0.3 is 0 Å². The zero-order chi connectivity index (χ0) is 21.6. The van der Waals surface area contributed by atoms with Crippen LogP contribution >= 0.6 is 11.8 Å². The molecule has 1 amide bonds. The highest BCUT2D eigenvalue weighted by Gasteiger charge is 2.27. The molecule has 2 N–H and O–H groups in total. The molecule has 0 saturated heterocycles. The van der Waals surface area contributed by atoms with Gasteiger partial charge in [0, 0.05) is 35.4 Å². The van der Waals surface area contributed by atoms with Crippen molar-refractivity contribution in [3.63, 3.8) is 0 Å². The summed E-state index contributed by atoms with van der Waals surface area (Å²) < 4.78 is 0. The summed E-state index contributed by atoms with van der Waals surface area (Å²) in [4.78, 5) is 19.5. The van der Waals surface area contributed by atoms with E-state index < -0.39 is 0 Å². The van der Waals surface area contributed by atoms with E-state index in [-0.39, 0.29) is 0 Å². The van der Waals surface area contributed by atoms with E-state index in [1.54, 1.807) is 36.7 Å². The summed E-state index contributed by atoms with van der Waals surface area (Å²) in [5, 5.41) is 26.4. The molecule has 1 aliphatic rings.